The van der Waals surface area contributed by atoms with E-state index >= 15 is 0 Å². The predicted molar refractivity (Wildman–Crippen MR) is 94.0 cm³/mol. The maximum Gasteiger partial charge on any atom is 0.251 e. The monoisotopic (exact) mass is 325 g/mol. The molecule has 2 aromatic rings. The van der Waals surface area contributed by atoms with Crippen molar-refractivity contribution in [3.05, 3.63) is 59.3 Å². The number of carbonyl (C=O) groups is 1. The average molecular weight is 325 g/mol. The van der Waals surface area contributed by atoms with Crippen LogP contribution in [-0.2, 0) is 11.3 Å². The van der Waals surface area contributed by atoms with Gasteiger partial charge in [-0.15, -0.1) is 0 Å². The first kappa shape index (κ1) is 16.5. The molecule has 0 radical (unpaired) electrons. The van der Waals surface area contributed by atoms with Crippen LogP contribution in [-0.4, -0.2) is 30.1 Å². The molecule has 1 aliphatic rings. The second kappa shape index (κ2) is 7.93. The molecule has 2 heterocycles. The molecule has 1 aliphatic heterocycles. The molecule has 1 amide bonds. The molecule has 1 atom stereocenters. The number of rotatable bonds is 6. The third kappa shape index (κ3) is 4.55. The fourth-order valence-electron chi connectivity index (χ4n) is 2.77. The molecule has 1 unspecified atom stereocenters. The summed E-state index contributed by atoms with van der Waals surface area (Å²) < 4.78 is 5.53. The molecule has 5 heteroatoms. The zero-order valence-corrected chi connectivity index (χ0v) is 13.9. The lowest BCUT2D eigenvalue weighted by atomic mass is 10.1. The highest BCUT2D eigenvalue weighted by atomic mass is 16.5. The Morgan fingerprint density at radius 2 is 2.17 bits per heavy atom. The van der Waals surface area contributed by atoms with Crippen LogP contribution in [0.3, 0.4) is 0 Å². The molecule has 0 spiro atoms. The van der Waals surface area contributed by atoms with Gasteiger partial charge in [0, 0.05) is 31.0 Å². The minimum atomic E-state index is -0.0546. The van der Waals surface area contributed by atoms with Gasteiger partial charge in [-0.2, -0.15) is 0 Å². The molecule has 2 N–H and O–H groups in total. The van der Waals surface area contributed by atoms with Crippen molar-refractivity contribution in [1.29, 1.82) is 0 Å². The van der Waals surface area contributed by atoms with E-state index in [0.29, 0.717) is 18.7 Å². The topological polar surface area (TPSA) is 63.2 Å². The standard InChI is InChI=1S/C19H23N3O2/c1-14-5-2-9-18(22-14)20-12-15-6-3-7-16(11-15)19(23)21-13-17-8-4-10-24-17/h2-3,5-7,9,11,17H,4,8,10,12-13H2,1H3,(H,20,22)(H,21,23). The van der Waals surface area contributed by atoms with Crippen LogP contribution in [0.2, 0.25) is 0 Å². The van der Waals surface area contributed by atoms with Gasteiger partial charge in [0.25, 0.3) is 5.91 Å². The van der Waals surface area contributed by atoms with Crippen LogP contribution in [0.1, 0.15) is 34.5 Å². The Kier molecular flexibility index (Phi) is 5.43. The van der Waals surface area contributed by atoms with Crippen molar-refractivity contribution in [2.24, 2.45) is 0 Å². The van der Waals surface area contributed by atoms with E-state index in [1.54, 1.807) is 0 Å². The van der Waals surface area contributed by atoms with Gasteiger partial charge < -0.3 is 15.4 Å². The van der Waals surface area contributed by atoms with Crippen molar-refractivity contribution in [2.75, 3.05) is 18.5 Å². The Labute approximate surface area is 142 Å². The fourth-order valence-corrected chi connectivity index (χ4v) is 2.77. The number of ether oxygens (including phenoxy) is 1. The van der Waals surface area contributed by atoms with Crippen LogP contribution in [0.15, 0.2) is 42.5 Å². The van der Waals surface area contributed by atoms with Gasteiger partial charge in [-0.25, -0.2) is 4.98 Å². The van der Waals surface area contributed by atoms with E-state index in [0.717, 1.165) is 36.5 Å². The Hall–Kier alpha value is -2.40. The van der Waals surface area contributed by atoms with E-state index < -0.39 is 0 Å². The molecule has 1 fully saturated rings. The number of benzene rings is 1. The summed E-state index contributed by atoms with van der Waals surface area (Å²) in [6.07, 6.45) is 2.26. The highest BCUT2D eigenvalue weighted by Gasteiger charge is 2.16. The average Bonchev–Trinajstić information content (AvgIpc) is 3.12. The van der Waals surface area contributed by atoms with E-state index in [4.69, 9.17) is 4.74 Å². The van der Waals surface area contributed by atoms with Gasteiger partial charge in [0.15, 0.2) is 0 Å². The van der Waals surface area contributed by atoms with Crippen molar-refractivity contribution in [2.45, 2.75) is 32.4 Å². The van der Waals surface area contributed by atoms with Crippen LogP contribution in [0.5, 0.6) is 0 Å². The normalized spacial score (nSPS) is 16.8. The third-order valence-electron chi connectivity index (χ3n) is 4.07. The molecule has 126 valence electrons. The Morgan fingerprint density at radius 1 is 1.29 bits per heavy atom. The Morgan fingerprint density at radius 3 is 2.96 bits per heavy atom. The number of amides is 1. The fraction of sp³-hybridized carbons (Fsp3) is 0.368. The molecule has 3 rings (SSSR count). The summed E-state index contributed by atoms with van der Waals surface area (Å²) in [5, 5.41) is 6.23. The minimum Gasteiger partial charge on any atom is -0.376 e. The molecular formula is C19H23N3O2. The summed E-state index contributed by atoms with van der Waals surface area (Å²) in [5.74, 6) is 0.782. The van der Waals surface area contributed by atoms with Crippen LogP contribution in [0.25, 0.3) is 0 Å². The van der Waals surface area contributed by atoms with Gasteiger partial charge >= 0.3 is 0 Å². The summed E-state index contributed by atoms with van der Waals surface area (Å²) in [6, 6.07) is 13.5. The molecule has 5 nitrogen and oxygen atoms in total. The van der Waals surface area contributed by atoms with Crippen molar-refractivity contribution in [3.8, 4) is 0 Å². The molecule has 0 bridgehead atoms. The first-order chi connectivity index (χ1) is 11.7. The van der Waals surface area contributed by atoms with E-state index in [-0.39, 0.29) is 12.0 Å². The van der Waals surface area contributed by atoms with Gasteiger partial charge in [0.2, 0.25) is 0 Å². The first-order valence-electron chi connectivity index (χ1n) is 8.37. The predicted octanol–water partition coefficient (Wildman–Crippen LogP) is 2.91. The maximum absolute atomic E-state index is 12.3. The second-order valence-electron chi connectivity index (χ2n) is 6.06. The van der Waals surface area contributed by atoms with Gasteiger partial charge in [-0.1, -0.05) is 18.2 Å². The van der Waals surface area contributed by atoms with Gasteiger partial charge in [0.1, 0.15) is 5.82 Å². The quantitative estimate of drug-likeness (QED) is 0.857. The van der Waals surface area contributed by atoms with Gasteiger partial charge in [-0.05, 0) is 49.6 Å². The summed E-state index contributed by atoms with van der Waals surface area (Å²) in [4.78, 5) is 16.7. The summed E-state index contributed by atoms with van der Waals surface area (Å²) in [7, 11) is 0. The number of aromatic nitrogens is 1. The van der Waals surface area contributed by atoms with Crippen molar-refractivity contribution >= 4 is 11.7 Å². The smallest absolute Gasteiger partial charge is 0.251 e. The van der Waals surface area contributed by atoms with Crippen LogP contribution < -0.4 is 10.6 Å². The molecule has 1 aromatic carbocycles. The zero-order chi connectivity index (χ0) is 16.8. The largest absolute Gasteiger partial charge is 0.376 e. The van der Waals surface area contributed by atoms with E-state index in [1.807, 2.05) is 49.4 Å². The Balaban J connectivity index is 1.55. The van der Waals surface area contributed by atoms with E-state index in [9.17, 15) is 4.79 Å². The number of nitrogens with zero attached hydrogens (tertiary/aromatic N) is 1. The van der Waals surface area contributed by atoms with Crippen LogP contribution in [0, 0.1) is 6.92 Å². The lowest BCUT2D eigenvalue weighted by Crippen LogP contribution is -2.31. The van der Waals surface area contributed by atoms with Crippen LogP contribution >= 0.6 is 0 Å². The van der Waals surface area contributed by atoms with E-state index in [2.05, 4.69) is 15.6 Å². The molecule has 1 aromatic heterocycles. The summed E-state index contributed by atoms with van der Waals surface area (Å²) in [5.41, 5.74) is 2.69. The molecule has 24 heavy (non-hydrogen) atoms. The minimum absolute atomic E-state index is 0.0546. The van der Waals surface area contributed by atoms with Crippen molar-refractivity contribution in [1.82, 2.24) is 10.3 Å². The molecule has 1 saturated heterocycles. The molecule has 0 saturated carbocycles. The molecular weight excluding hydrogens is 302 g/mol. The van der Waals surface area contributed by atoms with Gasteiger partial charge in [-0.3, -0.25) is 4.79 Å². The van der Waals surface area contributed by atoms with Gasteiger partial charge in [0.05, 0.1) is 6.10 Å². The van der Waals surface area contributed by atoms with E-state index in [1.165, 1.54) is 0 Å². The lowest BCUT2D eigenvalue weighted by Gasteiger charge is -2.12. The highest BCUT2D eigenvalue weighted by Crippen LogP contribution is 2.12. The first-order valence-corrected chi connectivity index (χ1v) is 8.37. The van der Waals surface area contributed by atoms with Crippen molar-refractivity contribution < 1.29 is 9.53 Å². The lowest BCUT2D eigenvalue weighted by molar-refractivity contribution is 0.0857. The summed E-state index contributed by atoms with van der Waals surface area (Å²) >= 11 is 0. The Bertz CT molecular complexity index is 697. The summed E-state index contributed by atoms with van der Waals surface area (Å²) in [6.45, 7) is 3.97. The number of hydrogen-bond acceptors (Lipinski definition) is 4. The van der Waals surface area contributed by atoms with Crippen molar-refractivity contribution in [3.63, 3.8) is 0 Å². The second-order valence-corrected chi connectivity index (χ2v) is 6.06. The third-order valence-corrected chi connectivity index (χ3v) is 4.07. The maximum atomic E-state index is 12.3. The number of nitrogens with one attached hydrogen (secondary N) is 2. The number of anilines is 1. The highest BCUT2D eigenvalue weighted by molar-refractivity contribution is 5.94. The zero-order valence-electron chi connectivity index (χ0n) is 13.9. The number of pyridine rings is 1. The molecule has 0 aliphatic carbocycles. The SMILES string of the molecule is Cc1cccc(NCc2cccc(C(=O)NCC3CCCO3)c2)n1. The number of carbonyl (C=O) groups excluding carboxylic acids is 1. The van der Waals surface area contributed by atoms with Crippen LogP contribution in [0.4, 0.5) is 5.82 Å². The number of aryl methyl sites for hydroxylation is 1. The number of hydrogen-bond donors (Lipinski definition) is 2.